The molecule has 0 aromatic carbocycles. The minimum absolute atomic E-state index is 0.0797. The van der Waals surface area contributed by atoms with Gasteiger partial charge >= 0.3 is 5.97 Å². The second-order valence-corrected chi connectivity index (χ2v) is 5.62. The number of carboxylic acid groups (broad SMARTS) is 1. The van der Waals surface area contributed by atoms with Gasteiger partial charge in [0, 0.05) is 24.0 Å². The van der Waals surface area contributed by atoms with Crippen molar-refractivity contribution < 1.29 is 14.7 Å². The van der Waals surface area contributed by atoms with Crippen LogP contribution in [0.15, 0.2) is 36.7 Å². The summed E-state index contributed by atoms with van der Waals surface area (Å²) < 4.78 is 1.91. The molecule has 110 valence electrons. The molecule has 2 heterocycles. The third-order valence-electron chi connectivity index (χ3n) is 4.18. The summed E-state index contributed by atoms with van der Waals surface area (Å²) in [6, 6.07) is 7.75. The van der Waals surface area contributed by atoms with E-state index < -0.39 is 5.97 Å². The number of nitrogens with one attached hydrogen (secondary N) is 1. The van der Waals surface area contributed by atoms with Crippen LogP contribution in [0.1, 0.15) is 36.0 Å². The summed E-state index contributed by atoms with van der Waals surface area (Å²) in [6.45, 7) is 0. The topological polar surface area (TPSA) is 70.8 Å². The van der Waals surface area contributed by atoms with Crippen LogP contribution in [0.4, 0.5) is 0 Å². The van der Waals surface area contributed by atoms with E-state index in [2.05, 4.69) is 5.32 Å². The van der Waals surface area contributed by atoms with Crippen molar-refractivity contribution >= 4 is 17.4 Å². The lowest BCUT2D eigenvalue weighted by atomic mass is 9.86. The lowest BCUT2D eigenvalue weighted by Gasteiger charge is -2.26. The number of nitrogens with zero attached hydrogens (tertiary/aromatic N) is 1. The molecule has 21 heavy (non-hydrogen) atoms. The molecule has 1 aliphatic rings. The highest BCUT2D eigenvalue weighted by molar-refractivity contribution is 5.95. The van der Waals surface area contributed by atoms with Crippen LogP contribution < -0.4 is 5.32 Å². The molecule has 3 rings (SSSR count). The van der Waals surface area contributed by atoms with E-state index >= 15 is 0 Å². The number of fused-ring (bicyclic) bond motifs is 1. The fourth-order valence-corrected chi connectivity index (χ4v) is 2.93. The van der Waals surface area contributed by atoms with Gasteiger partial charge in [0.15, 0.2) is 0 Å². The summed E-state index contributed by atoms with van der Waals surface area (Å²) in [5.41, 5.74) is 1.62. The molecule has 5 nitrogen and oxygen atoms in total. The van der Waals surface area contributed by atoms with E-state index in [0.29, 0.717) is 18.4 Å². The van der Waals surface area contributed by atoms with Gasteiger partial charge in [0.1, 0.15) is 0 Å². The Morgan fingerprint density at radius 2 is 1.95 bits per heavy atom. The first-order chi connectivity index (χ1) is 10.1. The SMILES string of the molecule is O=C(NC1CCC(C(=O)O)CC1)c1cc2ccccn2c1. The number of hydrogen-bond donors (Lipinski definition) is 2. The van der Waals surface area contributed by atoms with Crippen LogP contribution >= 0.6 is 0 Å². The first-order valence-corrected chi connectivity index (χ1v) is 7.24. The van der Waals surface area contributed by atoms with E-state index in [1.54, 1.807) is 0 Å². The van der Waals surface area contributed by atoms with Crippen molar-refractivity contribution in [3.8, 4) is 0 Å². The molecule has 0 saturated heterocycles. The van der Waals surface area contributed by atoms with Gasteiger partial charge in [-0.3, -0.25) is 9.59 Å². The minimum atomic E-state index is -0.724. The zero-order valence-corrected chi connectivity index (χ0v) is 11.7. The normalized spacial score (nSPS) is 22.1. The second kappa shape index (κ2) is 5.60. The Labute approximate surface area is 122 Å². The third-order valence-corrected chi connectivity index (χ3v) is 4.18. The average Bonchev–Trinajstić information content (AvgIpc) is 2.92. The number of hydrogen-bond acceptors (Lipinski definition) is 2. The van der Waals surface area contributed by atoms with E-state index in [0.717, 1.165) is 18.4 Å². The molecule has 0 aliphatic heterocycles. The van der Waals surface area contributed by atoms with Crippen molar-refractivity contribution in [3.63, 3.8) is 0 Å². The second-order valence-electron chi connectivity index (χ2n) is 5.62. The Kier molecular flexibility index (Phi) is 3.64. The molecule has 0 atom stereocenters. The van der Waals surface area contributed by atoms with Gasteiger partial charge in [-0.15, -0.1) is 0 Å². The highest BCUT2D eigenvalue weighted by Gasteiger charge is 2.27. The maximum absolute atomic E-state index is 12.3. The summed E-state index contributed by atoms with van der Waals surface area (Å²) in [4.78, 5) is 23.2. The largest absolute Gasteiger partial charge is 0.481 e. The summed E-state index contributed by atoms with van der Waals surface area (Å²) in [6.07, 6.45) is 6.46. The van der Waals surface area contributed by atoms with Crippen LogP contribution in [-0.2, 0) is 4.79 Å². The van der Waals surface area contributed by atoms with E-state index in [-0.39, 0.29) is 17.9 Å². The number of amides is 1. The van der Waals surface area contributed by atoms with Gasteiger partial charge in [0.05, 0.1) is 11.5 Å². The van der Waals surface area contributed by atoms with Crippen molar-refractivity contribution in [1.82, 2.24) is 9.72 Å². The molecule has 2 N–H and O–H groups in total. The van der Waals surface area contributed by atoms with Crippen LogP contribution in [0.5, 0.6) is 0 Å². The van der Waals surface area contributed by atoms with Crippen LogP contribution in [-0.4, -0.2) is 27.4 Å². The molecule has 1 fully saturated rings. The van der Waals surface area contributed by atoms with Gasteiger partial charge in [0.2, 0.25) is 0 Å². The Morgan fingerprint density at radius 3 is 2.62 bits per heavy atom. The number of aliphatic carboxylic acids is 1. The van der Waals surface area contributed by atoms with Crippen LogP contribution in [0.25, 0.3) is 5.52 Å². The predicted octanol–water partition coefficient (Wildman–Crippen LogP) is 2.31. The maximum atomic E-state index is 12.3. The zero-order chi connectivity index (χ0) is 14.8. The summed E-state index contributed by atoms with van der Waals surface area (Å²) in [5.74, 6) is -1.06. The van der Waals surface area contributed by atoms with Gasteiger partial charge in [0.25, 0.3) is 5.91 Å². The zero-order valence-electron chi connectivity index (χ0n) is 11.7. The fraction of sp³-hybridized carbons (Fsp3) is 0.375. The lowest BCUT2D eigenvalue weighted by Crippen LogP contribution is -2.38. The molecule has 2 aromatic rings. The van der Waals surface area contributed by atoms with Gasteiger partial charge in [-0.1, -0.05) is 6.07 Å². The maximum Gasteiger partial charge on any atom is 0.306 e. The molecule has 0 bridgehead atoms. The number of aromatic nitrogens is 1. The summed E-state index contributed by atoms with van der Waals surface area (Å²) >= 11 is 0. The molecular formula is C16H18N2O3. The average molecular weight is 286 g/mol. The number of carbonyl (C=O) groups excluding carboxylic acids is 1. The fourth-order valence-electron chi connectivity index (χ4n) is 2.93. The highest BCUT2D eigenvalue weighted by Crippen LogP contribution is 2.24. The highest BCUT2D eigenvalue weighted by atomic mass is 16.4. The van der Waals surface area contributed by atoms with E-state index in [9.17, 15) is 9.59 Å². The lowest BCUT2D eigenvalue weighted by molar-refractivity contribution is -0.142. The predicted molar refractivity (Wildman–Crippen MR) is 78.2 cm³/mol. The van der Waals surface area contributed by atoms with Gasteiger partial charge < -0.3 is 14.8 Å². The molecule has 0 radical (unpaired) electrons. The van der Waals surface area contributed by atoms with Crippen LogP contribution in [0.2, 0.25) is 0 Å². The quantitative estimate of drug-likeness (QED) is 0.909. The Balaban J connectivity index is 1.63. The third kappa shape index (κ3) is 2.91. The number of pyridine rings is 1. The summed E-state index contributed by atoms with van der Waals surface area (Å²) in [5, 5.41) is 12.0. The van der Waals surface area contributed by atoms with E-state index in [1.807, 2.05) is 41.1 Å². The molecule has 1 amide bonds. The smallest absolute Gasteiger partial charge is 0.306 e. The summed E-state index contributed by atoms with van der Waals surface area (Å²) in [7, 11) is 0. The van der Waals surface area contributed by atoms with Crippen molar-refractivity contribution in [2.75, 3.05) is 0 Å². The van der Waals surface area contributed by atoms with Crippen molar-refractivity contribution in [3.05, 3.63) is 42.2 Å². The Bertz CT molecular complexity index is 636. The van der Waals surface area contributed by atoms with Crippen molar-refractivity contribution in [1.29, 1.82) is 0 Å². The number of carboxylic acids is 1. The molecular weight excluding hydrogens is 268 g/mol. The number of rotatable bonds is 3. The van der Waals surface area contributed by atoms with Crippen molar-refractivity contribution in [2.45, 2.75) is 31.7 Å². The van der Waals surface area contributed by atoms with Crippen LogP contribution in [0.3, 0.4) is 0 Å². The van der Waals surface area contributed by atoms with Crippen LogP contribution in [0, 0.1) is 5.92 Å². The first-order valence-electron chi connectivity index (χ1n) is 7.24. The Morgan fingerprint density at radius 1 is 1.19 bits per heavy atom. The van der Waals surface area contributed by atoms with Gasteiger partial charge in [-0.2, -0.15) is 0 Å². The molecule has 1 saturated carbocycles. The molecule has 0 unspecified atom stereocenters. The molecule has 2 aromatic heterocycles. The minimum Gasteiger partial charge on any atom is -0.481 e. The first kappa shape index (κ1) is 13.7. The monoisotopic (exact) mass is 286 g/mol. The molecule has 1 aliphatic carbocycles. The van der Waals surface area contributed by atoms with Gasteiger partial charge in [-0.05, 0) is 43.9 Å². The van der Waals surface area contributed by atoms with Crippen molar-refractivity contribution in [2.24, 2.45) is 5.92 Å². The molecule has 5 heteroatoms. The van der Waals surface area contributed by atoms with E-state index in [1.165, 1.54) is 0 Å². The number of carbonyl (C=O) groups is 2. The standard InChI is InChI=1S/C16H18N2O3/c19-15(12-9-14-3-1-2-8-18(14)10-12)17-13-6-4-11(5-7-13)16(20)21/h1-3,8-11,13H,4-7H2,(H,17,19)(H,20,21). The van der Waals surface area contributed by atoms with E-state index in [4.69, 9.17) is 5.11 Å². The Hall–Kier alpha value is -2.30. The van der Waals surface area contributed by atoms with Gasteiger partial charge in [-0.25, -0.2) is 0 Å². The molecule has 0 spiro atoms.